The van der Waals surface area contributed by atoms with Gasteiger partial charge in [0.25, 0.3) is 17.7 Å². The van der Waals surface area contributed by atoms with Gasteiger partial charge in [-0.3, -0.25) is 24.1 Å². The lowest BCUT2D eigenvalue weighted by atomic mass is 10.1. The van der Waals surface area contributed by atoms with Crippen LogP contribution in [0.25, 0.3) is 0 Å². The van der Waals surface area contributed by atoms with Crippen molar-refractivity contribution in [3.05, 3.63) is 59.7 Å². The second-order valence-electron chi connectivity index (χ2n) is 7.69. The van der Waals surface area contributed by atoms with Crippen molar-refractivity contribution in [1.82, 2.24) is 4.90 Å². The molecule has 0 radical (unpaired) electrons. The topological polar surface area (TPSA) is 113 Å². The fourth-order valence-electron chi connectivity index (χ4n) is 3.96. The zero-order valence-electron chi connectivity index (χ0n) is 17.5. The Morgan fingerprint density at radius 2 is 1.62 bits per heavy atom. The first-order valence-electron chi connectivity index (χ1n) is 10.1. The third-order valence-corrected chi connectivity index (χ3v) is 5.52. The number of imide groups is 1. The van der Waals surface area contributed by atoms with Gasteiger partial charge in [0.2, 0.25) is 5.91 Å². The summed E-state index contributed by atoms with van der Waals surface area (Å²) in [5.74, 6) is -2.79. The molecule has 0 spiro atoms. The van der Waals surface area contributed by atoms with E-state index in [0.29, 0.717) is 11.4 Å². The van der Waals surface area contributed by atoms with Crippen LogP contribution in [0.1, 0.15) is 41.0 Å². The third kappa shape index (κ3) is 3.62. The molecule has 32 heavy (non-hydrogen) atoms. The van der Waals surface area contributed by atoms with Gasteiger partial charge in [0.05, 0.1) is 22.5 Å². The maximum atomic E-state index is 12.9. The molecule has 0 aromatic heterocycles. The van der Waals surface area contributed by atoms with Gasteiger partial charge in [-0.1, -0.05) is 24.3 Å². The molecule has 9 nitrogen and oxygen atoms in total. The molecule has 164 valence electrons. The number of nitrogens with zero attached hydrogens (tertiary/aromatic N) is 2. The molecule has 9 heteroatoms. The van der Waals surface area contributed by atoms with Crippen LogP contribution in [-0.4, -0.2) is 53.2 Å². The van der Waals surface area contributed by atoms with Gasteiger partial charge in [0, 0.05) is 12.5 Å². The maximum absolute atomic E-state index is 12.9. The summed E-state index contributed by atoms with van der Waals surface area (Å²) in [5, 5.41) is 2.75. The minimum absolute atomic E-state index is 0.0831. The minimum atomic E-state index is -1.20. The van der Waals surface area contributed by atoms with E-state index >= 15 is 0 Å². The highest BCUT2D eigenvalue weighted by Crippen LogP contribution is 2.31. The molecule has 0 fully saturated rings. The van der Waals surface area contributed by atoms with Crippen LogP contribution >= 0.6 is 0 Å². The SMILES string of the molecule is C[C@@H]1CC(=O)Nc2ccccc2N1C(=O)COC(=O)[C@H](C)N1C(=O)c2ccccc2C1=O. The van der Waals surface area contributed by atoms with Crippen molar-refractivity contribution in [3.63, 3.8) is 0 Å². The van der Waals surface area contributed by atoms with Crippen LogP contribution in [0.2, 0.25) is 0 Å². The Hall–Kier alpha value is -4.01. The first-order chi connectivity index (χ1) is 15.3. The number of hydrogen-bond acceptors (Lipinski definition) is 6. The van der Waals surface area contributed by atoms with Crippen molar-refractivity contribution in [1.29, 1.82) is 0 Å². The Morgan fingerprint density at radius 3 is 2.28 bits per heavy atom. The largest absolute Gasteiger partial charge is 0.454 e. The Balaban J connectivity index is 1.46. The number of amides is 4. The summed E-state index contributed by atoms with van der Waals surface area (Å²) < 4.78 is 5.18. The molecule has 4 amide bonds. The highest BCUT2D eigenvalue weighted by molar-refractivity contribution is 6.22. The van der Waals surface area contributed by atoms with E-state index in [0.717, 1.165) is 4.90 Å². The van der Waals surface area contributed by atoms with E-state index < -0.39 is 42.4 Å². The van der Waals surface area contributed by atoms with Crippen LogP contribution in [0.4, 0.5) is 11.4 Å². The van der Waals surface area contributed by atoms with Crippen molar-refractivity contribution >= 4 is 41.0 Å². The molecule has 0 bridgehead atoms. The number of rotatable bonds is 4. The number of nitrogens with one attached hydrogen (secondary N) is 1. The number of fused-ring (bicyclic) bond motifs is 2. The predicted molar refractivity (Wildman–Crippen MR) is 114 cm³/mol. The highest BCUT2D eigenvalue weighted by atomic mass is 16.5. The highest BCUT2D eigenvalue weighted by Gasteiger charge is 2.41. The summed E-state index contributed by atoms with van der Waals surface area (Å²) in [6.07, 6.45) is 0.0831. The number of anilines is 2. The summed E-state index contributed by atoms with van der Waals surface area (Å²) in [7, 11) is 0. The summed E-state index contributed by atoms with van der Waals surface area (Å²) in [4.78, 5) is 65.0. The summed E-state index contributed by atoms with van der Waals surface area (Å²) in [6.45, 7) is 2.50. The van der Waals surface area contributed by atoms with Gasteiger partial charge in [-0.25, -0.2) is 4.79 Å². The van der Waals surface area contributed by atoms with Crippen molar-refractivity contribution in [2.24, 2.45) is 0 Å². The van der Waals surface area contributed by atoms with E-state index in [-0.39, 0.29) is 23.5 Å². The molecule has 2 aromatic rings. The fourth-order valence-corrected chi connectivity index (χ4v) is 3.96. The van der Waals surface area contributed by atoms with Crippen molar-refractivity contribution in [3.8, 4) is 0 Å². The second-order valence-corrected chi connectivity index (χ2v) is 7.69. The average molecular weight is 435 g/mol. The lowest BCUT2D eigenvalue weighted by Crippen LogP contribution is -2.46. The number of carbonyl (C=O) groups excluding carboxylic acids is 5. The first kappa shape index (κ1) is 21.2. The molecule has 0 aliphatic carbocycles. The van der Waals surface area contributed by atoms with Crippen LogP contribution in [-0.2, 0) is 19.1 Å². The minimum Gasteiger partial charge on any atom is -0.454 e. The van der Waals surface area contributed by atoms with Gasteiger partial charge in [0.15, 0.2) is 6.61 Å². The first-order valence-corrected chi connectivity index (χ1v) is 10.1. The van der Waals surface area contributed by atoms with Gasteiger partial charge < -0.3 is 15.0 Å². The molecule has 1 N–H and O–H groups in total. The standard InChI is InChI=1S/C23H21N3O6/c1-13-11-19(27)24-17-9-5-6-10-18(17)25(13)20(28)12-32-23(31)14(2)26-21(29)15-7-3-4-8-16(15)22(26)30/h3-10,13-14H,11-12H2,1-2H3,(H,24,27)/t13-,14+/m1/s1. The van der Waals surface area contributed by atoms with E-state index in [4.69, 9.17) is 4.74 Å². The number of para-hydroxylation sites is 2. The van der Waals surface area contributed by atoms with Crippen molar-refractivity contribution in [2.45, 2.75) is 32.4 Å². The molecule has 2 aliphatic rings. The monoisotopic (exact) mass is 435 g/mol. The molecular formula is C23H21N3O6. The Labute approximate surface area is 183 Å². The van der Waals surface area contributed by atoms with Crippen LogP contribution in [0.15, 0.2) is 48.5 Å². The number of hydrogen-bond donors (Lipinski definition) is 1. The zero-order valence-corrected chi connectivity index (χ0v) is 17.5. The molecule has 4 rings (SSSR count). The third-order valence-electron chi connectivity index (χ3n) is 5.52. The van der Waals surface area contributed by atoms with Gasteiger partial charge in [0.1, 0.15) is 6.04 Å². The van der Waals surface area contributed by atoms with Crippen LogP contribution in [0.3, 0.4) is 0 Å². The molecular weight excluding hydrogens is 414 g/mol. The molecule has 2 atom stereocenters. The molecule has 2 aliphatic heterocycles. The Kier molecular flexibility index (Phi) is 5.48. The van der Waals surface area contributed by atoms with E-state index in [1.165, 1.54) is 24.0 Å². The van der Waals surface area contributed by atoms with E-state index in [2.05, 4.69) is 5.32 Å². The van der Waals surface area contributed by atoms with Gasteiger partial charge in [-0.15, -0.1) is 0 Å². The summed E-state index contributed by atoms with van der Waals surface area (Å²) in [5.41, 5.74) is 1.43. The molecule has 2 aromatic carbocycles. The maximum Gasteiger partial charge on any atom is 0.329 e. The van der Waals surface area contributed by atoms with Crippen LogP contribution < -0.4 is 10.2 Å². The predicted octanol–water partition coefficient (Wildman–Crippen LogP) is 1.98. The number of ether oxygens (including phenoxy) is 1. The molecule has 0 saturated heterocycles. The summed E-state index contributed by atoms with van der Waals surface area (Å²) in [6, 6.07) is 11.5. The van der Waals surface area contributed by atoms with Crippen LogP contribution in [0, 0.1) is 0 Å². The lowest BCUT2D eigenvalue weighted by molar-refractivity contribution is -0.151. The van der Waals surface area contributed by atoms with E-state index in [1.54, 1.807) is 43.3 Å². The summed E-state index contributed by atoms with van der Waals surface area (Å²) >= 11 is 0. The van der Waals surface area contributed by atoms with Gasteiger partial charge >= 0.3 is 5.97 Å². The lowest BCUT2D eigenvalue weighted by Gasteiger charge is -2.28. The molecule has 0 saturated carbocycles. The molecule has 2 heterocycles. The molecule has 0 unspecified atom stereocenters. The zero-order chi connectivity index (χ0) is 23.0. The van der Waals surface area contributed by atoms with Crippen molar-refractivity contribution < 1.29 is 28.7 Å². The van der Waals surface area contributed by atoms with Crippen molar-refractivity contribution in [2.75, 3.05) is 16.8 Å². The normalized spacial score (nSPS) is 18.4. The Bertz CT molecular complexity index is 1110. The van der Waals surface area contributed by atoms with E-state index in [1.807, 2.05) is 0 Å². The van der Waals surface area contributed by atoms with E-state index in [9.17, 15) is 24.0 Å². The average Bonchev–Trinajstić information content (AvgIpc) is 2.94. The Morgan fingerprint density at radius 1 is 1.03 bits per heavy atom. The number of esters is 1. The second kappa shape index (κ2) is 8.26. The van der Waals surface area contributed by atoms with Gasteiger partial charge in [-0.2, -0.15) is 0 Å². The number of benzene rings is 2. The number of carbonyl (C=O) groups is 5. The van der Waals surface area contributed by atoms with Crippen LogP contribution in [0.5, 0.6) is 0 Å². The fraction of sp³-hybridized carbons (Fsp3) is 0.261. The van der Waals surface area contributed by atoms with Gasteiger partial charge in [-0.05, 0) is 38.1 Å². The smallest absolute Gasteiger partial charge is 0.329 e. The quantitative estimate of drug-likeness (QED) is 0.580.